The van der Waals surface area contributed by atoms with Crippen LogP contribution in [-0.2, 0) is 13.0 Å². The first kappa shape index (κ1) is 14.6. The topological polar surface area (TPSA) is 53.1 Å². The van der Waals surface area contributed by atoms with Crippen LogP contribution in [0.3, 0.4) is 0 Å². The number of rotatable bonds is 7. The molecule has 2 rings (SSSR count). The van der Waals surface area contributed by atoms with Crippen LogP contribution in [0.5, 0.6) is 11.5 Å². The van der Waals surface area contributed by atoms with Crippen LogP contribution < -0.4 is 10.5 Å². The van der Waals surface area contributed by atoms with Crippen molar-refractivity contribution in [3.8, 4) is 11.5 Å². The normalized spacial score (nSPS) is 12.3. The Bertz CT molecular complexity index is 519. The molecular formula is C16H23N3O. The Kier molecular flexibility index (Phi) is 5.18. The zero-order valence-electron chi connectivity index (χ0n) is 12.2. The third kappa shape index (κ3) is 4.10. The molecule has 1 aromatic carbocycles. The van der Waals surface area contributed by atoms with Crippen molar-refractivity contribution in [2.45, 2.75) is 45.7 Å². The summed E-state index contributed by atoms with van der Waals surface area (Å²) < 4.78 is 7.67. The lowest BCUT2D eigenvalue weighted by atomic mass is 10.0. The van der Waals surface area contributed by atoms with Crippen LogP contribution in [0.4, 0.5) is 0 Å². The lowest BCUT2D eigenvalue weighted by molar-refractivity contribution is 0.480. The van der Waals surface area contributed by atoms with Gasteiger partial charge in [-0.1, -0.05) is 26.0 Å². The Morgan fingerprint density at radius 2 is 1.95 bits per heavy atom. The fraction of sp³-hybridized carbons (Fsp3) is 0.438. The van der Waals surface area contributed by atoms with Crippen LogP contribution in [0.15, 0.2) is 36.7 Å². The standard InChI is InChI=1S/C16H23N3O/c1-3-9-19-12-16(11-18-19)20-15-7-5-13(6-8-15)10-14(17)4-2/h5-8,11-12,14H,3-4,9-10,17H2,1-2H3. The molecule has 0 saturated carbocycles. The summed E-state index contributed by atoms with van der Waals surface area (Å²) in [5.41, 5.74) is 7.20. The van der Waals surface area contributed by atoms with Crippen molar-refractivity contribution in [3.05, 3.63) is 42.2 Å². The molecule has 0 aliphatic rings. The quantitative estimate of drug-likeness (QED) is 0.841. The van der Waals surface area contributed by atoms with E-state index in [0.717, 1.165) is 37.3 Å². The van der Waals surface area contributed by atoms with E-state index in [1.54, 1.807) is 6.20 Å². The minimum Gasteiger partial charge on any atom is -0.454 e. The molecule has 0 spiro atoms. The van der Waals surface area contributed by atoms with Gasteiger partial charge in [-0.15, -0.1) is 0 Å². The van der Waals surface area contributed by atoms with E-state index in [1.165, 1.54) is 5.56 Å². The van der Waals surface area contributed by atoms with Gasteiger partial charge in [0.25, 0.3) is 0 Å². The number of aromatic nitrogens is 2. The van der Waals surface area contributed by atoms with Gasteiger partial charge in [0.05, 0.1) is 12.4 Å². The molecule has 108 valence electrons. The second-order valence-electron chi connectivity index (χ2n) is 5.06. The van der Waals surface area contributed by atoms with E-state index in [0.29, 0.717) is 0 Å². The summed E-state index contributed by atoms with van der Waals surface area (Å²) in [6.45, 7) is 5.15. The molecule has 1 atom stereocenters. The SMILES string of the molecule is CCCn1cc(Oc2ccc(CC(N)CC)cc2)cn1. The number of hydrogen-bond acceptors (Lipinski definition) is 3. The maximum absolute atomic E-state index is 5.96. The summed E-state index contributed by atoms with van der Waals surface area (Å²) in [6.07, 6.45) is 6.63. The molecule has 0 bridgehead atoms. The molecule has 1 aromatic heterocycles. The van der Waals surface area contributed by atoms with Crippen LogP contribution in [0.1, 0.15) is 32.3 Å². The molecule has 20 heavy (non-hydrogen) atoms. The maximum Gasteiger partial charge on any atom is 0.165 e. The van der Waals surface area contributed by atoms with Crippen molar-refractivity contribution in [2.75, 3.05) is 0 Å². The van der Waals surface area contributed by atoms with Gasteiger partial charge in [0, 0.05) is 12.6 Å². The minimum atomic E-state index is 0.231. The highest BCUT2D eigenvalue weighted by Crippen LogP contribution is 2.21. The molecule has 0 saturated heterocycles. The zero-order chi connectivity index (χ0) is 14.4. The van der Waals surface area contributed by atoms with E-state index in [4.69, 9.17) is 10.5 Å². The summed E-state index contributed by atoms with van der Waals surface area (Å²) in [6, 6.07) is 8.33. The van der Waals surface area contributed by atoms with Crippen LogP contribution in [0, 0.1) is 0 Å². The first-order valence-electron chi connectivity index (χ1n) is 7.26. The highest BCUT2D eigenvalue weighted by atomic mass is 16.5. The van der Waals surface area contributed by atoms with Crippen molar-refractivity contribution < 1.29 is 4.74 Å². The monoisotopic (exact) mass is 273 g/mol. The molecule has 0 fully saturated rings. The molecule has 2 N–H and O–H groups in total. The van der Waals surface area contributed by atoms with Crippen molar-refractivity contribution >= 4 is 0 Å². The third-order valence-corrected chi connectivity index (χ3v) is 3.24. The molecule has 0 amide bonds. The third-order valence-electron chi connectivity index (χ3n) is 3.24. The highest BCUT2D eigenvalue weighted by Gasteiger charge is 2.04. The molecule has 1 unspecified atom stereocenters. The van der Waals surface area contributed by atoms with Crippen molar-refractivity contribution in [2.24, 2.45) is 5.73 Å². The van der Waals surface area contributed by atoms with E-state index in [-0.39, 0.29) is 6.04 Å². The van der Waals surface area contributed by atoms with E-state index in [1.807, 2.05) is 23.0 Å². The van der Waals surface area contributed by atoms with E-state index >= 15 is 0 Å². The molecule has 2 aromatic rings. The fourth-order valence-electron chi connectivity index (χ4n) is 2.03. The number of benzene rings is 1. The average Bonchev–Trinajstić information content (AvgIpc) is 2.88. The number of nitrogens with two attached hydrogens (primary N) is 1. The molecule has 0 aliphatic carbocycles. The van der Waals surface area contributed by atoms with Crippen LogP contribution in [0.2, 0.25) is 0 Å². The number of ether oxygens (including phenoxy) is 1. The van der Waals surface area contributed by atoms with Crippen molar-refractivity contribution in [1.29, 1.82) is 0 Å². The number of nitrogens with zero attached hydrogens (tertiary/aromatic N) is 2. The van der Waals surface area contributed by atoms with Gasteiger partial charge >= 0.3 is 0 Å². The Labute approximate surface area is 120 Å². The largest absolute Gasteiger partial charge is 0.454 e. The first-order chi connectivity index (χ1) is 9.71. The Hall–Kier alpha value is -1.81. The second-order valence-corrected chi connectivity index (χ2v) is 5.06. The lowest BCUT2D eigenvalue weighted by Gasteiger charge is -2.09. The number of aryl methyl sites for hydroxylation is 1. The van der Waals surface area contributed by atoms with Crippen LogP contribution in [-0.4, -0.2) is 15.8 Å². The van der Waals surface area contributed by atoms with Crippen LogP contribution >= 0.6 is 0 Å². The molecule has 1 heterocycles. The van der Waals surface area contributed by atoms with Gasteiger partial charge in [0.1, 0.15) is 5.75 Å². The Morgan fingerprint density at radius 1 is 1.20 bits per heavy atom. The van der Waals surface area contributed by atoms with Gasteiger partial charge in [-0.25, -0.2) is 0 Å². The average molecular weight is 273 g/mol. The molecular weight excluding hydrogens is 250 g/mol. The summed E-state index contributed by atoms with van der Waals surface area (Å²) in [5.74, 6) is 1.60. The zero-order valence-corrected chi connectivity index (χ0v) is 12.2. The van der Waals surface area contributed by atoms with Gasteiger partial charge in [0.15, 0.2) is 5.75 Å². The summed E-state index contributed by atoms with van der Waals surface area (Å²) >= 11 is 0. The van der Waals surface area contributed by atoms with Crippen molar-refractivity contribution in [3.63, 3.8) is 0 Å². The molecule has 0 radical (unpaired) electrons. The smallest absolute Gasteiger partial charge is 0.165 e. The van der Waals surface area contributed by atoms with Gasteiger partial charge in [-0.3, -0.25) is 4.68 Å². The Morgan fingerprint density at radius 3 is 2.60 bits per heavy atom. The number of hydrogen-bond donors (Lipinski definition) is 1. The lowest BCUT2D eigenvalue weighted by Crippen LogP contribution is -2.21. The Balaban J connectivity index is 1.95. The summed E-state index contributed by atoms with van der Waals surface area (Å²) in [7, 11) is 0. The second kappa shape index (κ2) is 7.10. The first-order valence-corrected chi connectivity index (χ1v) is 7.26. The fourth-order valence-corrected chi connectivity index (χ4v) is 2.03. The van der Waals surface area contributed by atoms with Gasteiger partial charge < -0.3 is 10.5 Å². The highest BCUT2D eigenvalue weighted by molar-refractivity contribution is 5.31. The minimum absolute atomic E-state index is 0.231. The van der Waals surface area contributed by atoms with E-state index in [9.17, 15) is 0 Å². The molecule has 4 nitrogen and oxygen atoms in total. The summed E-state index contributed by atoms with van der Waals surface area (Å²) in [4.78, 5) is 0. The summed E-state index contributed by atoms with van der Waals surface area (Å²) in [5, 5.41) is 4.25. The van der Waals surface area contributed by atoms with E-state index < -0.39 is 0 Å². The van der Waals surface area contributed by atoms with Crippen molar-refractivity contribution in [1.82, 2.24) is 9.78 Å². The van der Waals surface area contributed by atoms with E-state index in [2.05, 4.69) is 31.1 Å². The molecule has 0 aliphatic heterocycles. The predicted octanol–water partition coefficient (Wildman–Crippen LogP) is 3.37. The predicted molar refractivity (Wildman–Crippen MR) is 81.0 cm³/mol. The van der Waals surface area contributed by atoms with Gasteiger partial charge in [-0.2, -0.15) is 5.10 Å². The maximum atomic E-state index is 5.96. The molecule has 4 heteroatoms. The van der Waals surface area contributed by atoms with Crippen LogP contribution in [0.25, 0.3) is 0 Å². The van der Waals surface area contributed by atoms with Gasteiger partial charge in [0.2, 0.25) is 0 Å². The van der Waals surface area contributed by atoms with Gasteiger partial charge in [-0.05, 0) is 37.0 Å².